The molecule has 0 spiro atoms. The highest BCUT2D eigenvalue weighted by Crippen LogP contribution is 2.34. The van der Waals surface area contributed by atoms with Gasteiger partial charge in [0.1, 0.15) is 5.82 Å². The summed E-state index contributed by atoms with van der Waals surface area (Å²) >= 11 is 0. The van der Waals surface area contributed by atoms with Crippen LogP contribution in [0.1, 0.15) is 36.7 Å². The Kier molecular flexibility index (Phi) is 5.66. The number of imidazole rings is 1. The molecule has 0 saturated carbocycles. The SMILES string of the molecule is C=CCN1CC(c2nc3ccccc3n2C(C)c2ccccc2)CC1=O.Cl. The molecular weight excluding hydrogens is 358 g/mol. The monoisotopic (exact) mass is 381 g/mol. The van der Waals surface area contributed by atoms with E-state index in [9.17, 15) is 4.79 Å². The number of amides is 1. The van der Waals surface area contributed by atoms with Crippen LogP contribution >= 0.6 is 12.4 Å². The third-order valence-corrected chi connectivity index (χ3v) is 5.22. The van der Waals surface area contributed by atoms with E-state index in [2.05, 4.69) is 48.4 Å². The lowest BCUT2D eigenvalue weighted by Crippen LogP contribution is -2.25. The number of halogens is 1. The quantitative estimate of drug-likeness (QED) is 0.607. The van der Waals surface area contributed by atoms with E-state index in [-0.39, 0.29) is 30.3 Å². The zero-order valence-corrected chi connectivity index (χ0v) is 16.2. The number of hydrogen-bond donors (Lipinski definition) is 0. The third-order valence-electron chi connectivity index (χ3n) is 5.22. The van der Waals surface area contributed by atoms with E-state index in [1.54, 1.807) is 6.08 Å². The molecule has 0 radical (unpaired) electrons. The zero-order chi connectivity index (χ0) is 18.1. The van der Waals surface area contributed by atoms with Crippen LogP contribution < -0.4 is 0 Å². The first-order valence-electron chi connectivity index (χ1n) is 9.09. The Morgan fingerprint density at radius 1 is 1.19 bits per heavy atom. The number of aromatic nitrogens is 2. The molecule has 1 fully saturated rings. The number of benzene rings is 2. The van der Waals surface area contributed by atoms with Crippen molar-refractivity contribution in [2.24, 2.45) is 0 Å². The number of carbonyl (C=O) groups is 1. The predicted octanol–water partition coefficient (Wildman–Crippen LogP) is 4.57. The van der Waals surface area contributed by atoms with Gasteiger partial charge in [-0.2, -0.15) is 0 Å². The average Bonchev–Trinajstić information content (AvgIpc) is 3.23. The number of para-hydroxylation sites is 2. The molecule has 2 aromatic carbocycles. The van der Waals surface area contributed by atoms with Gasteiger partial charge in [-0.15, -0.1) is 19.0 Å². The van der Waals surface area contributed by atoms with Gasteiger partial charge in [-0.25, -0.2) is 4.98 Å². The van der Waals surface area contributed by atoms with E-state index in [1.165, 1.54) is 5.56 Å². The van der Waals surface area contributed by atoms with Crippen LogP contribution in [0, 0.1) is 0 Å². The summed E-state index contributed by atoms with van der Waals surface area (Å²) in [5.74, 6) is 1.30. The molecule has 2 heterocycles. The van der Waals surface area contributed by atoms with Gasteiger partial charge in [0, 0.05) is 25.4 Å². The van der Waals surface area contributed by atoms with Crippen LogP contribution in [-0.2, 0) is 4.79 Å². The summed E-state index contributed by atoms with van der Waals surface area (Å²) in [4.78, 5) is 19.2. The van der Waals surface area contributed by atoms with Crippen molar-refractivity contribution < 1.29 is 4.79 Å². The van der Waals surface area contributed by atoms with Gasteiger partial charge in [-0.1, -0.05) is 48.5 Å². The first kappa shape index (κ1) is 19.2. The Morgan fingerprint density at radius 3 is 2.63 bits per heavy atom. The molecule has 1 aliphatic heterocycles. The maximum absolute atomic E-state index is 12.4. The maximum Gasteiger partial charge on any atom is 0.223 e. The predicted molar refractivity (Wildman–Crippen MR) is 111 cm³/mol. The van der Waals surface area contributed by atoms with Crippen LogP contribution in [0.15, 0.2) is 67.3 Å². The summed E-state index contributed by atoms with van der Waals surface area (Å²) in [5.41, 5.74) is 3.34. The smallest absolute Gasteiger partial charge is 0.223 e. The van der Waals surface area contributed by atoms with Gasteiger partial charge in [0.15, 0.2) is 0 Å². The minimum atomic E-state index is 0. The van der Waals surface area contributed by atoms with E-state index in [1.807, 2.05) is 29.2 Å². The summed E-state index contributed by atoms with van der Waals surface area (Å²) < 4.78 is 2.31. The lowest BCUT2D eigenvalue weighted by molar-refractivity contribution is -0.127. The maximum atomic E-state index is 12.4. The molecule has 1 amide bonds. The van der Waals surface area contributed by atoms with Gasteiger partial charge in [0.05, 0.1) is 17.1 Å². The molecule has 1 aliphatic rings. The number of carbonyl (C=O) groups excluding carboxylic acids is 1. The fourth-order valence-electron chi connectivity index (χ4n) is 3.92. The summed E-state index contributed by atoms with van der Waals surface area (Å²) in [6, 6.07) is 18.8. The van der Waals surface area contributed by atoms with E-state index in [0.29, 0.717) is 19.5 Å². The Bertz CT molecular complexity index is 951. The van der Waals surface area contributed by atoms with E-state index < -0.39 is 0 Å². The van der Waals surface area contributed by atoms with Crippen molar-refractivity contribution in [1.29, 1.82) is 0 Å². The fraction of sp³-hybridized carbons (Fsp3) is 0.273. The molecule has 4 rings (SSSR count). The van der Waals surface area contributed by atoms with Crippen molar-refractivity contribution in [3.63, 3.8) is 0 Å². The minimum absolute atomic E-state index is 0. The van der Waals surface area contributed by atoms with Crippen molar-refractivity contribution in [2.75, 3.05) is 13.1 Å². The molecule has 1 saturated heterocycles. The lowest BCUT2D eigenvalue weighted by atomic mass is 10.0. The van der Waals surface area contributed by atoms with E-state index in [0.717, 1.165) is 16.9 Å². The topological polar surface area (TPSA) is 38.1 Å². The molecule has 0 aliphatic carbocycles. The second kappa shape index (κ2) is 7.97. The lowest BCUT2D eigenvalue weighted by Gasteiger charge is -2.21. The summed E-state index contributed by atoms with van der Waals surface area (Å²) in [6.07, 6.45) is 2.30. The fourth-order valence-corrected chi connectivity index (χ4v) is 3.92. The summed E-state index contributed by atoms with van der Waals surface area (Å²) in [7, 11) is 0. The second-order valence-corrected chi connectivity index (χ2v) is 6.90. The van der Waals surface area contributed by atoms with Gasteiger partial charge in [-0.05, 0) is 24.6 Å². The number of fused-ring (bicyclic) bond motifs is 1. The van der Waals surface area contributed by atoms with Crippen molar-refractivity contribution in [3.05, 3.63) is 78.6 Å². The van der Waals surface area contributed by atoms with Crippen LogP contribution in [0.25, 0.3) is 11.0 Å². The second-order valence-electron chi connectivity index (χ2n) is 6.90. The normalized spacial score (nSPS) is 17.7. The molecule has 1 aromatic heterocycles. The van der Waals surface area contributed by atoms with Crippen LogP contribution in [-0.4, -0.2) is 33.4 Å². The molecule has 4 nitrogen and oxygen atoms in total. The van der Waals surface area contributed by atoms with Gasteiger partial charge in [0.25, 0.3) is 0 Å². The van der Waals surface area contributed by atoms with E-state index in [4.69, 9.17) is 4.98 Å². The highest BCUT2D eigenvalue weighted by molar-refractivity contribution is 5.85. The highest BCUT2D eigenvalue weighted by atomic mass is 35.5. The molecule has 3 aromatic rings. The summed E-state index contributed by atoms with van der Waals surface area (Å²) in [5, 5.41) is 0. The van der Waals surface area contributed by atoms with Crippen molar-refractivity contribution in [1.82, 2.24) is 14.5 Å². The molecule has 27 heavy (non-hydrogen) atoms. The summed E-state index contributed by atoms with van der Waals surface area (Å²) in [6.45, 7) is 7.27. The number of nitrogens with zero attached hydrogens (tertiary/aromatic N) is 3. The molecule has 2 atom stereocenters. The zero-order valence-electron chi connectivity index (χ0n) is 15.4. The van der Waals surface area contributed by atoms with Gasteiger partial charge in [-0.3, -0.25) is 4.79 Å². The number of rotatable bonds is 5. The minimum Gasteiger partial charge on any atom is -0.338 e. The van der Waals surface area contributed by atoms with Crippen LogP contribution in [0.4, 0.5) is 0 Å². The largest absolute Gasteiger partial charge is 0.338 e. The Hall–Kier alpha value is -2.59. The highest BCUT2D eigenvalue weighted by Gasteiger charge is 2.34. The van der Waals surface area contributed by atoms with Gasteiger partial charge in [0.2, 0.25) is 5.91 Å². The molecule has 5 heteroatoms. The number of hydrogen-bond acceptors (Lipinski definition) is 2. The van der Waals surface area contributed by atoms with Crippen LogP contribution in [0.3, 0.4) is 0 Å². The molecule has 2 unspecified atom stereocenters. The van der Waals surface area contributed by atoms with Crippen molar-refractivity contribution in [3.8, 4) is 0 Å². The van der Waals surface area contributed by atoms with Crippen molar-refractivity contribution >= 4 is 29.3 Å². The molecule has 0 bridgehead atoms. The molecule has 0 N–H and O–H groups in total. The Labute approximate surface area is 165 Å². The first-order valence-corrected chi connectivity index (χ1v) is 9.09. The third kappa shape index (κ3) is 3.50. The molecule has 140 valence electrons. The molecular formula is C22H24ClN3O. The standard InChI is InChI=1S/C22H23N3O.ClH/c1-3-13-24-15-18(14-21(24)26)22-23-19-11-7-8-12-20(19)25(22)16(2)17-9-5-4-6-10-17;/h3-12,16,18H,1,13-15H2,2H3;1H. The Balaban J connectivity index is 0.00000210. The number of likely N-dealkylation sites (tertiary alicyclic amines) is 1. The van der Waals surface area contributed by atoms with Gasteiger partial charge >= 0.3 is 0 Å². The average molecular weight is 382 g/mol. The van der Waals surface area contributed by atoms with Crippen molar-refractivity contribution in [2.45, 2.75) is 25.3 Å². The first-order chi connectivity index (χ1) is 12.7. The van der Waals surface area contributed by atoms with Gasteiger partial charge < -0.3 is 9.47 Å². The Morgan fingerprint density at radius 2 is 1.89 bits per heavy atom. The van der Waals surface area contributed by atoms with Crippen LogP contribution in [0.2, 0.25) is 0 Å². The van der Waals surface area contributed by atoms with E-state index >= 15 is 0 Å². The van der Waals surface area contributed by atoms with Crippen LogP contribution in [0.5, 0.6) is 0 Å².